The van der Waals surface area contributed by atoms with Gasteiger partial charge < -0.3 is 20.0 Å². The number of amides is 2. The highest BCUT2D eigenvalue weighted by Gasteiger charge is 2.38. The molecule has 0 aromatic rings. The SMILES string of the molecule is CN1CCN(CC(C)(O)C(=O)O)C(=O)C1=O. The number of rotatable bonds is 3. The fourth-order valence-electron chi connectivity index (χ4n) is 1.36. The molecule has 1 atom stereocenters. The van der Waals surface area contributed by atoms with Gasteiger partial charge in [-0.1, -0.05) is 0 Å². The Bertz CT molecular complexity index is 339. The second-order valence-corrected chi connectivity index (χ2v) is 4.03. The van der Waals surface area contributed by atoms with Crippen molar-refractivity contribution in [1.29, 1.82) is 0 Å². The summed E-state index contributed by atoms with van der Waals surface area (Å²) in [5, 5.41) is 18.2. The highest BCUT2D eigenvalue weighted by atomic mass is 16.4. The lowest BCUT2D eigenvalue weighted by molar-refractivity contribution is -0.165. The fraction of sp³-hybridized carbons (Fsp3) is 0.667. The van der Waals surface area contributed by atoms with Gasteiger partial charge in [0, 0.05) is 20.1 Å². The van der Waals surface area contributed by atoms with Crippen molar-refractivity contribution in [2.45, 2.75) is 12.5 Å². The molecule has 1 rings (SSSR count). The first-order valence-corrected chi connectivity index (χ1v) is 4.76. The number of hydrogen-bond acceptors (Lipinski definition) is 4. The highest BCUT2D eigenvalue weighted by molar-refractivity contribution is 6.35. The summed E-state index contributed by atoms with van der Waals surface area (Å²) in [6.07, 6.45) is 0. The van der Waals surface area contributed by atoms with Crippen LogP contribution in [0.5, 0.6) is 0 Å². The molecule has 1 saturated heterocycles. The summed E-state index contributed by atoms with van der Waals surface area (Å²) in [5.74, 6) is -2.89. The Morgan fingerprint density at radius 2 is 1.94 bits per heavy atom. The summed E-state index contributed by atoms with van der Waals surface area (Å²) >= 11 is 0. The molecule has 90 valence electrons. The van der Waals surface area contributed by atoms with Gasteiger partial charge in [0.25, 0.3) is 0 Å². The molecule has 2 amide bonds. The molecule has 0 bridgehead atoms. The quantitative estimate of drug-likeness (QED) is 0.553. The van der Waals surface area contributed by atoms with E-state index in [0.717, 1.165) is 11.8 Å². The van der Waals surface area contributed by atoms with Crippen molar-refractivity contribution in [2.75, 3.05) is 26.7 Å². The highest BCUT2D eigenvalue weighted by Crippen LogP contribution is 2.10. The lowest BCUT2D eigenvalue weighted by Crippen LogP contribution is -2.57. The minimum Gasteiger partial charge on any atom is -0.479 e. The van der Waals surface area contributed by atoms with Crippen molar-refractivity contribution in [2.24, 2.45) is 0 Å². The van der Waals surface area contributed by atoms with Crippen molar-refractivity contribution in [3.8, 4) is 0 Å². The van der Waals surface area contributed by atoms with Gasteiger partial charge in [-0.05, 0) is 6.92 Å². The number of nitrogens with zero attached hydrogens (tertiary/aromatic N) is 2. The molecule has 0 spiro atoms. The Hall–Kier alpha value is -1.63. The molecule has 1 aliphatic rings. The van der Waals surface area contributed by atoms with Gasteiger partial charge in [0.05, 0.1) is 6.54 Å². The molecule has 0 aliphatic carbocycles. The second kappa shape index (κ2) is 4.09. The second-order valence-electron chi connectivity index (χ2n) is 4.03. The molecule has 1 aliphatic heterocycles. The number of β-amino-alcohol motifs (C(OH)–C–C–N with tert-alkyl or cyclic N) is 1. The lowest BCUT2D eigenvalue weighted by Gasteiger charge is -2.34. The minimum atomic E-state index is -2.04. The molecule has 0 aromatic carbocycles. The zero-order valence-electron chi connectivity index (χ0n) is 9.13. The van der Waals surface area contributed by atoms with Crippen molar-refractivity contribution in [3.63, 3.8) is 0 Å². The van der Waals surface area contributed by atoms with E-state index in [1.165, 1.54) is 11.9 Å². The van der Waals surface area contributed by atoms with E-state index in [2.05, 4.69) is 0 Å². The van der Waals surface area contributed by atoms with E-state index < -0.39 is 23.4 Å². The largest absolute Gasteiger partial charge is 0.479 e. The van der Waals surface area contributed by atoms with Gasteiger partial charge in [-0.15, -0.1) is 0 Å². The van der Waals surface area contributed by atoms with Crippen molar-refractivity contribution < 1.29 is 24.6 Å². The van der Waals surface area contributed by atoms with Gasteiger partial charge in [-0.25, -0.2) is 4.79 Å². The monoisotopic (exact) mass is 230 g/mol. The number of carboxylic acids is 1. The molecule has 0 radical (unpaired) electrons. The number of carbonyl (C=O) groups is 3. The van der Waals surface area contributed by atoms with Crippen LogP contribution in [-0.4, -0.2) is 70.1 Å². The van der Waals surface area contributed by atoms with Crippen LogP contribution in [0.25, 0.3) is 0 Å². The van der Waals surface area contributed by atoms with Crippen molar-refractivity contribution >= 4 is 17.8 Å². The Morgan fingerprint density at radius 3 is 2.44 bits per heavy atom. The molecule has 7 nitrogen and oxygen atoms in total. The molecule has 1 unspecified atom stereocenters. The summed E-state index contributed by atoms with van der Waals surface area (Å²) in [5.41, 5.74) is -2.04. The third kappa shape index (κ3) is 2.30. The molecule has 0 aromatic heterocycles. The van der Waals surface area contributed by atoms with Crippen LogP contribution in [0.4, 0.5) is 0 Å². The van der Waals surface area contributed by atoms with Gasteiger partial charge in [0.1, 0.15) is 0 Å². The Balaban J connectivity index is 2.73. The molecule has 7 heteroatoms. The molecule has 0 saturated carbocycles. The Morgan fingerprint density at radius 1 is 1.38 bits per heavy atom. The molecule has 1 heterocycles. The van der Waals surface area contributed by atoms with E-state index in [0.29, 0.717) is 6.54 Å². The zero-order valence-corrected chi connectivity index (χ0v) is 9.13. The third-order valence-corrected chi connectivity index (χ3v) is 2.48. The number of hydrogen-bond donors (Lipinski definition) is 2. The van der Waals surface area contributed by atoms with E-state index in [1.807, 2.05) is 0 Å². The summed E-state index contributed by atoms with van der Waals surface area (Å²) in [6, 6.07) is 0. The van der Waals surface area contributed by atoms with Crippen LogP contribution < -0.4 is 0 Å². The number of piperazine rings is 1. The van der Waals surface area contributed by atoms with E-state index in [-0.39, 0.29) is 13.1 Å². The van der Waals surface area contributed by atoms with Crippen LogP contribution in [0, 0.1) is 0 Å². The number of aliphatic hydroxyl groups is 1. The predicted molar refractivity (Wildman–Crippen MR) is 52.5 cm³/mol. The predicted octanol–water partition coefficient (Wildman–Crippen LogP) is -1.88. The fourth-order valence-corrected chi connectivity index (χ4v) is 1.36. The van der Waals surface area contributed by atoms with Crippen molar-refractivity contribution in [3.05, 3.63) is 0 Å². The minimum absolute atomic E-state index is 0.227. The average molecular weight is 230 g/mol. The molecule has 16 heavy (non-hydrogen) atoms. The van der Waals surface area contributed by atoms with Crippen LogP contribution in [0.2, 0.25) is 0 Å². The Labute approximate surface area is 92.2 Å². The molecule has 1 fully saturated rings. The topological polar surface area (TPSA) is 98.2 Å². The maximum absolute atomic E-state index is 11.5. The summed E-state index contributed by atoms with van der Waals surface area (Å²) in [6.45, 7) is 1.26. The van der Waals surface area contributed by atoms with Crippen LogP contribution in [0.3, 0.4) is 0 Å². The number of aliphatic carboxylic acids is 1. The smallest absolute Gasteiger partial charge is 0.337 e. The van der Waals surface area contributed by atoms with Crippen LogP contribution in [-0.2, 0) is 14.4 Å². The summed E-state index contributed by atoms with van der Waals surface area (Å²) < 4.78 is 0. The lowest BCUT2D eigenvalue weighted by atomic mass is 10.1. The first-order valence-electron chi connectivity index (χ1n) is 4.76. The molecular formula is C9H14N2O5. The third-order valence-electron chi connectivity index (χ3n) is 2.48. The summed E-state index contributed by atoms with van der Waals surface area (Å²) in [7, 11) is 1.49. The molecule has 2 N–H and O–H groups in total. The summed E-state index contributed by atoms with van der Waals surface area (Å²) in [4.78, 5) is 35.7. The first kappa shape index (κ1) is 12.4. The standard InChI is InChI=1S/C9H14N2O5/c1-9(16,8(14)15)5-11-4-3-10(2)6(12)7(11)13/h16H,3-5H2,1-2H3,(H,14,15). The zero-order chi connectivity index (χ0) is 12.5. The van der Waals surface area contributed by atoms with E-state index in [4.69, 9.17) is 5.11 Å². The van der Waals surface area contributed by atoms with Crippen molar-refractivity contribution in [1.82, 2.24) is 9.80 Å². The van der Waals surface area contributed by atoms with Gasteiger partial charge in [-0.3, -0.25) is 9.59 Å². The van der Waals surface area contributed by atoms with Crippen LogP contribution in [0.15, 0.2) is 0 Å². The maximum Gasteiger partial charge on any atom is 0.337 e. The average Bonchev–Trinajstić information content (AvgIpc) is 2.19. The number of carbonyl (C=O) groups excluding carboxylic acids is 2. The first-order chi connectivity index (χ1) is 7.25. The molecular weight excluding hydrogens is 216 g/mol. The van der Waals surface area contributed by atoms with E-state index in [1.54, 1.807) is 0 Å². The normalized spacial score (nSPS) is 20.9. The van der Waals surface area contributed by atoms with Crippen LogP contribution in [0.1, 0.15) is 6.92 Å². The van der Waals surface area contributed by atoms with Crippen LogP contribution >= 0.6 is 0 Å². The number of carboxylic acid groups (broad SMARTS) is 1. The van der Waals surface area contributed by atoms with E-state index >= 15 is 0 Å². The van der Waals surface area contributed by atoms with E-state index in [9.17, 15) is 19.5 Å². The van der Waals surface area contributed by atoms with Gasteiger partial charge >= 0.3 is 17.8 Å². The van der Waals surface area contributed by atoms with Gasteiger partial charge in [0.2, 0.25) is 0 Å². The number of likely N-dealkylation sites (N-methyl/N-ethyl adjacent to an activating group) is 1. The maximum atomic E-state index is 11.5. The van der Waals surface area contributed by atoms with Gasteiger partial charge in [0.15, 0.2) is 5.60 Å². The van der Waals surface area contributed by atoms with Gasteiger partial charge in [-0.2, -0.15) is 0 Å². The Kier molecular flexibility index (Phi) is 3.18.